The smallest absolute Gasteiger partial charge is 0.363 e. The van der Waals surface area contributed by atoms with Crippen LogP contribution in [-0.4, -0.2) is 23.4 Å². The van der Waals surface area contributed by atoms with Crippen LogP contribution in [-0.2, 0) is 16.1 Å². The van der Waals surface area contributed by atoms with Crippen LogP contribution in [0.15, 0.2) is 71.4 Å². The Morgan fingerprint density at radius 1 is 1.11 bits per heavy atom. The van der Waals surface area contributed by atoms with E-state index in [2.05, 4.69) is 4.99 Å². The van der Waals surface area contributed by atoms with E-state index in [1.807, 2.05) is 0 Å². The van der Waals surface area contributed by atoms with E-state index in [4.69, 9.17) is 25.8 Å². The number of nitro groups is 1. The van der Waals surface area contributed by atoms with Gasteiger partial charge in [0.1, 0.15) is 12.4 Å². The molecule has 0 saturated carbocycles. The Hall–Kier alpha value is -4.24. The standard InChI is InChI=1S/C25H18ClFN2O6/c1-2-33-23-12-15(7-10-22(23)34-14-16-5-3-4-6-20(16)27)11-21-25(30)35-24(28-21)18-13-17(29(31)32)8-9-19(18)26/h3-13H,2,14H2,1H3/b21-11-. The number of non-ortho nitro benzene ring substituents is 1. The third kappa shape index (κ3) is 5.47. The van der Waals surface area contributed by atoms with Crippen molar-refractivity contribution in [3.63, 3.8) is 0 Å². The first-order chi connectivity index (χ1) is 16.9. The van der Waals surface area contributed by atoms with Gasteiger partial charge in [0.2, 0.25) is 5.90 Å². The lowest BCUT2D eigenvalue weighted by molar-refractivity contribution is -0.384. The summed E-state index contributed by atoms with van der Waals surface area (Å²) in [5, 5.41) is 11.2. The van der Waals surface area contributed by atoms with Gasteiger partial charge in [-0.1, -0.05) is 35.9 Å². The molecule has 0 radical (unpaired) electrons. The van der Waals surface area contributed by atoms with Crippen LogP contribution in [0, 0.1) is 15.9 Å². The lowest BCUT2D eigenvalue weighted by Gasteiger charge is -2.13. The fourth-order valence-corrected chi connectivity index (χ4v) is 3.44. The Balaban J connectivity index is 1.60. The normalized spacial score (nSPS) is 14.0. The summed E-state index contributed by atoms with van der Waals surface area (Å²) in [7, 11) is 0. The molecule has 0 bridgehead atoms. The second kappa shape index (κ2) is 10.4. The van der Waals surface area contributed by atoms with Gasteiger partial charge >= 0.3 is 5.97 Å². The molecule has 0 spiro atoms. The number of rotatable bonds is 8. The zero-order chi connectivity index (χ0) is 24.9. The van der Waals surface area contributed by atoms with Crippen LogP contribution in [0.3, 0.4) is 0 Å². The van der Waals surface area contributed by atoms with E-state index in [9.17, 15) is 19.3 Å². The predicted octanol–water partition coefficient (Wildman–Crippen LogP) is 5.71. The molecule has 178 valence electrons. The number of cyclic esters (lactones) is 1. The summed E-state index contributed by atoms with van der Waals surface area (Å²) in [6.45, 7) is 2.17. The first-order valence-corrected chi connectivity index (χ1v) is 10.8. The van der Waals surface area contributed by atoms with Crippen molar-refractivity contribution in [2.24, 2.45) is 4.99 Å². The summed E-state index contributed by atoms with van der Waals surface area (Å²) in [6, 6.07) is 15.0. The lowest BCUT2D eigenvalue weighted by atomic mass is 10.1. The van der Waals surface area contributed by atoms with Crippen LogP contribution in [0.4, 0.5) is 10.1 Å². The summed E-state index contributed by atoms with van der Waals surface area (Å²) >= 11 is 6.13. The Bertz CT molecular complexity index is 1370. The van der Waals surface area contributed by atoms with E-state index in [1.165, 1.54) is 30.3 Å². The van der Waals surface area contributed by atoms with E-state index < -0.39 is 10.9 Å². The highest BCUT2D eigenvalue weighted by atomic mass is 35.5. The molecule has 0 aromatic heterocycles. The van der Waals surface area contributed by atoms with Crippen molar-refractivity contribution in [2.75, 3.05) is 6.61 Å². The van der Waals surface area contributed by atoms with E-state index >= 15 is 0 Å². The van der Waals surface area contributed by atoms with Gasteiger partial charge in [-0.05, 0) is 42.8 Å². The molecule has 35 heavy (non-hydrogen) atoms. The summed E-state index contributed by atoms with van der Waals surface area (Å²) < 4.78 is 30.5. The van der Waals surface area contributed by atoms with E-state index in [0.717, 1.165) is 0 Å². The minimum atomic E-state index is -0.736. The van der Waals surface area contributed by atoms with Gasteiger partial charge in [0.15, 0.2) is 17.2 Å². The predicted molar refractivity (Wildman–Crippen MR) is 127 cm³/mol. The minimum Gasteiger partial charge on any atom is -0.490 e. The number of carbonyl (C=O) groups is 1. The molecule has 1 aliphatic heterocycles. The number of nitrogens with zero attached hydrogens (tertiary/aromatic N) is 2. The van der Waals surface area contributed by atoms with E-state index in [0.29, 0.717) is 29.2 Å². The summed E-state index contributed by atoms with van der Waals surface area (Å²) in [5.41, 5.74) is 0.854. The molecule has 0 atom stereocenters. The molecular formula is C25H18ClFN2O6. The molecule has 0 unspecified atom stereocenters. The molecule has 1 heterocycles. The van der Waals surface area contributed by atoms with Gasteiger partial charge in [0, 0.05) is 17.7 Å². The van der Waals surface area contributed by atoms with Gasteiger partial charge in [0.25, 0.3) is 5.69 Å². The maximum Gasteiger partial charge on any atom is 0.363 e. The van der Waals surface area contributed by atoms with E-state index in [1.54, 1.807) is 43.3 Å². The minimum absolute atomic E-state index is 0.0110. The van der Waals surface area contributed by atoms with Gasteiger partial charge in [-0.2, -0.15) is 0 Å². The SMILES string of the molecule is CCOc1cc(/C=C2\N=C(c3cc([N+](=O)[O-])ccc3Cl)OC2=O)ccc1OCc1ccccc1F. The molecule has 0 saturated heterocycles. The molecule has 4 rings (SSSR count). The number of hydrogen-bond acceptors (Lipinski definition) is 7. The molecule has 0 amide bonds. The molecule has 8 nitrogen and oxygen atoms in total. The number of halogens is 2. The number of esters is 1. The molecule has 0 N–H and O–H groups in total. The van der Waals surface area contributed by atoms with Crippen molar-refractivity contribution < 1.29 is 28.3 Å². The zero-order valence-corrected chi connectivity index (χ0v) is 19.1. The van der Waals surface area contributed by atoms with Crippen LogP contribution in [0.2, 0.25) is 5.02 Å². The Labute approximate surface area is 204 Å². The third-order valence-electron chi connectivity index (χ3n) is 4.92. The molecular weight excluding hydrogens is 479 g/mol. The number of hydrogen-bond donors (Lipinski definition) is 0. The maximum absolute atomic E-state index is 13.9. The van der Waals surface area contributed by atoms with Crippen molar-refractivity contribution in [1.29, 1.82) is 0 Å². The molecule has 3 aromatic rings. The Morgan fingerprint density at radius 3 is 2.66 bits per heavy atom. The number of carbonyl (C=O) groups excluding carboxylic acids is 1. The van der Waals surface area contributed by atoms with Crippen LogP contribution in [0.1, 0.15) is 23.6 Å². The van der Waals surface area contributed by atoms with E-state index in [-0.39, 0.29) is 40.3 Å². The first kappa shape index (κ1) is 23.9. The summed E-state index contributed by atoms with van der Waals surface area (Å²) in [6.07, 6.45) is 1.48. The van der Waals surface area contributed by atoms with Gasteiger partial charge < -0.3 is 14.2 Å². The van der Waals surface area contributed by atoms with Crippen molar-refractivity contribution in [1.82, 2.24) is 0 Å². The monoisotopic (exact) mass is 496 g/mol. The molecule has 3 aromatic carbocycles. The Kier molecular flexibility index (Phi) is 7.07. The highest BCUT2D eigenvalue weighted by molar-refractivity contribution is 6.34. The van der Waals surface area contributed by atoms with Crippen LogP contribution in [0.25, 0.3) is 6.08 Å². The van der Waals surface area contributed by atoms with Crippen molar-refractivity contribution in [3.05, 3.63) is 104 Å². The highest BCUT2D eigenvalue weighted by Gasteiger charge is 2.27. The van der Waals surface area contributed by atoms with Crippen LogP contribution < -0.4 is 9.47 Å². The number of nitro benzene ring substituents is 1. The fraction of sp³-hybridized carbons (Fsp3) is 0.120. The lowest BCUT2D eigenvalue weighted by Crippen LogP contribution is -2.06. The average molecular weight is 497 g/mol. The summed E-state index contributed by atoms with van der Waals surface area (Å²) in [5.74, 6) is -0.441. The summed E-state index contributed by atoms with van der Waals surface area (Å²) in [4.78, 5) is 27.0. The van der Waals surface area contributed by atoms with Gasteiger partial charge in [-0.15, -0.1) is 0 Å². The first-order valence-electron chi connectivity index (χ1n) is 10.5. The van der Waals surface area contributed by atoms with Gasteiger partial charge in [0.05, 0.1) is 22.1 Å². The molecule has 0 fully saturated rings. The second-order valence-corrected chi connectivity index (χ2v) is 7.68. The number of aliphatic imine (C=N–C) groups is 1. The van der Waals surface area contributed by atoms with Crippen LogP contribution >= 0.6 is 11.6 Å². The maximum atomic E-state index is 13.9. The molecule has 1 aliphatic rings. The van der Waals surface area contributed by atoms with Crippen molar-refractivity contribution in [2.45, 2.75) is 13.5 Å². The third-order valence-corrected chi connectivity index (χ3v) is 5.25. The van der Waals surface area contributed by atoms with Gasteiger partial charge in [-0.25, -0.2) is 14.2 Å². The van der Waals surface area contributed by atoms with Crippen LogP contribution in [0.5, 0.6) is 11.5 Å². The average Bonchev–Trinajstić information content (AvgIpc) is 3.19. The van der Waals surface area contributed by atoms with Crippen molar-refractivity contribution >= 4 is 35.2 Å². The van der Waals surface area contributed by atoms with Gasteiger partial charge in [-0.3, -0.25) is 10.1 Å². The Morgan fingerprint density at radius 2 is 1.91 bits per heavy atom. The zero-order valence-electron chi connectivity index (χ0n) is 18.4. The number of ether oxygens (including phenoxy) is 3. The largest absolute Gasteiger partial charge is 0.490 e. The molecule has 0 aliphatic carbocycles. The fourth-order valence-electron chi connectivity index (χ4n) is 3.25. The van der Waals surface area contributed by atoms with Crippen molar-refractivity contribution in [3.8, 4) is 11.5 Å². The highest BCUT2D eigenvalue weighted by Crippen LogP contribution is 2.32. The quantitative estimate of drug-likeness (QED) is 0.171. The molecule has 10 heteroatoms. The topological polar surface area (TPSA) is 100 Å². The number of benzene rings is 3. The second-order valence-electron chi connectivity index (χ2n) is 7.28.